The Bertz CT molecular complexity index is 1180. The molecule has 0 saturated heterocycles. The number of carbonyl (C=O) groups is 1. The van der Waals surface area contributed by atoms with E-state index in [4.69, 9.17) is 4.74 Å². The lowest BCUT2D eigenvalue weighted by molar-refractivity contribution is 0.0958. The highest BCUT2D eigenvalue weighted by atomic mass is 16.5. The molecule has 0 aromatic heterocycles. The number of Topliss-reactive ketones (excluding diaryl/α,β-unsaturated/α-hetero) is 1. The van der Waals surface area contributed by atoms with Gasteiger partial charge in [-0.25, -0.2) is 0 Å². The lowest BCUT2D eigenvalue weighted by atomic mass is 10.0. The third-order valence-electron chi connectivity index (χ3n) is 5.87. The van der Waals surface area contributed by atoms with Crippen molar-refractivity contribution in [3.05, 3.63) is 132 Å². The number of aliphatic hydroxyl groups excluding tert-OH is 1. The molecule has 0 amide bonds. The van der Waals surface area contributed by atoms with Crippen molar-refractivity contribution in [3.63, 3.8) is 0 Å². The number of hydrogen-bond donors (Lipinski definition) is 1. The average Bonchev–Trinajstić information content (AvgIpc) is 2.92. The van der Waals surface area contributed by atoms with Gasteiger partial charge in [-0.1, -0.05) is 91.0 Å². The average molecular weight is 466 g/mol. The van der Waals surface area contributed by atoms with Gasteiger partial charge < -0.3 is 14.7 Å². The number of nitrogens with zero attached hydrogens (tertiary/aromatic N) is 1. The largest absolute Gasteiger partial charge is 0.490 e. The van der Waals surface area contributed by atoms with E-state index in [1.165, 1.54) is 5.56 Å². The van der Waals surface area contributed by atoms with Gasteiger partial charge in [-0.3, -0.25) is 4.79 Å². The number of carbonyl (C=O) groups excluding carboxylic acids is 1. The van der Waals surface area contributed by atoms with Crippen molar-refractivity contribution >= 4 is 11.5 Å². The van der Waals surface area contributed by atoms with E-state index in [2.05, 4.69) is 17.0 Å². The quantitative estimate of drug-likeness (QED) is 0.263. The van der Waals surface area contributed by atoms with E-state index in [-0.39, 0.29) is 12.4 Å². The maximum absolute atomic E-state index is 12.9. The molecule has 178 valence electrons. The van der Waals surface area contributed by atoms with Gasteiger partial charge >= 0.3 is 0 Å². The summed E-state index contributed by atoms with van der Waals surface area (Å²) in [6.07, 6.45) is 0.361. The summed E-state index contributed by atoms with van der Waals surface area (Å²) in [6, 6.07) is 37.5. The van der Waals surface area contributed by atoms with Crippen molar-refractivity contribution in [3.8, 4) is 5.75 Å². The van der Waals surface area contributed by atoms with Gasteiger partial charge in [0.1, 0.15) is 18.5 Å². The van der Waals surface area contributed by atoms with E-state index < -0.39 is 6.10 Å². The fraction of sp³-hybridized carbons (Fsp3) is 0.194. The van der Waals surface area contributed by atoms with Gasteiger partial charge in [-0.15, -0.1) is 0 Å². The zero-order valence-electron chi connectivity index (χ0n) is 19.8. The molecule has 4 rings (SSSR count). The minimum absolute atomic E-state index is 0.0360. The number of aliphatic hydroxyl groups is 1. The van der Waals surface area contributed by atoms with Crippen LogP contribution in [0.2, 0.25) is 0 Å². The highest BCUT2D eigenvalue weighted by molar-refractivity contribution is 5.98. The Labute approximate surface area is 207 Å². The molecule has 35 heavy (non-hydrogen) atoms. The molecule has 0 heterocycles. The van der Waals surface area contributed by atoms with E-state index in [9.17, 15) is 9.90 Å². The monoisotopic (exact) mass is 465 g/mol. The second-order valence-electron chi connectivity index (χ2n) is 8.57. The van der Waals surface area contributed by atoms with Gasteiger partial charge in [0.15, 0.2) is 5.78 Å². The lowest BCUT2D eigenvalue weighted by Gasteiger charge is -2.27. The molecule has 0 bridgehead atoms. The molecule has 4 nitrogen and oxygen atoms in total. The van der Waals surface area contributed by atoms with E-state index in [1.807, 2.05) is 91.0 Å². The molecule has 1 unspecified atom stereocenters. The summed E-state index contributed by atoms with van der Waals surface area (Å²) in [4.78, 5) is 15.0. The number of anilines is 1. The van der Waals surface area contributed by atoms with Gasteiger partial charge in [0.05, 0.1) is 5.56 Å². The molecular weight excluding hydrogens is 434 g/mol. The van der Waals surface area contributed by atoms with Crippen LogP contribution in [0.4, 0.5) is 5.69 Å². The van der Waals surface area contributed by atoms with Crippen molar-refractivity contribution in [2.75, 3.05) is 18.1 Å². The zero-order valence-corrected chi connectivity index (χ0v) is 19.8. The number of hydrogen-bond acceptors (Lipinski definition) is 4. The van der Waals surface area contributed by atoms with Crippen LogP contribution in [-0.4, -0.2) is 30.1 Å². The van der Waals surface area contributed by atoms with Gasteiger partial charge in [0.2, 0.25) is 0 Å². The summed E-state index contributed by atoms with van der Waals surface area (Å²) in [5.74, 6) is 0.549. The summed E-state index contributed by atoms with van der Waals surface area (Å²) in [6.45, 7) is 1.18. The zero-order chi connectivity index (χ0) is 24.3. The third-order valence-corrected chi connectivity index (χ3v) is 5.87. The van der Waals surface area contributed by atoms with Crippen molar-refractivity contribution in [2.24, 2.45) is 0 Å². The molecule has 1 atom stereocenters. The molecule has 0 radical (unpaired) electrons. The first kappa shape index (κ1) is 24.2. The second-order valence-corrected chi connectivity index (χ2v) is 8.57. The maximum Gasteiger partial charge on any atom is 0.166 e. The van der Waals surface area contributed by atoms with Crippen molar-refractivity contribution in [1.82, 2.24) is 0 Å². The van der Waals surface area contributed by atoms with Crippen LogP contribution in [0.3, 0.4) is 0 Å². The molecule has 4 heteroatoms. The first-order valence-electron chi connectivity index (χ1n) is 12.0. The SMILES string of the molecule is O=C(CCc1ccccc1)c1ccccc1OCC(O)CN(Cc1ccccc1)c1ccccc1. The van der Waals surface area contributed by atoms with Crippen molar-refractivity contribution in [1.29, 1.82) is 0 Å². The van der Waals surface area contributed by atoms with E-state index in [0.29, 0.717) is 37.2 Å². The van der Waals surface area contributed by atoms with E-state index >= 15 is 0 Å². The Morgan fingerprint density at radius 1 is 0.743 bits per heavy atom. The standard InChI is InChI=1S/C31H31NO3/c33-28(23-32(27-16-8-3-9-17-27)22-26-14-6-2-7-15-26)24-35-31-19-11-10-18-29(31)30(34)21-20-25-12-4-1-5-13-25/h1-19,28,33H,20-24H2. The first-order valence-corrected chi connectivity index (χ1v) is 12.0. The van der Waals surface area contributed by atoms with Crippen LogP contribution < -0.4 is 9.64 Å². The van der Waals surface area contributed by atoms with E-state index in [1.54, 1.807) is 12.1 Å². The molecule has 0 aliphatic heterocycles. The first-order chi connectivity index (χ1) is 17.2. The topological polar surface area (TPSA) is 49.8 Å². The number of rotatable bonds is 12. The molecule has 0 aliphatic carbocycles. The lowest BCUT2D eigenvalue weighted by Crippen LogP contribution is -2.35. The number of benzene rings is 4. The molecule has 4 aromatic rings. The Kier molecular flexibility index (Phi) is 8.68. The van der Waals surface area contributed by atoms with Crippen molar-refractivity contribution in [2.45, 2.75) is 25.5 Å². The summed E-state index contributed by atoms with van der Waals surface area (Å²) in [5, 5.41) is 10.9. The smallest absolute Gasteiger partial charge is 0.166 e. The fourth-order valence-electron chi connectivity index (χ4n) is 4.06. The molecule has 0 spiro atoms. The Morgan fingerprint density at radius 3 is 2.00 bits per heavy atom. The number of ether oxygens (including phenoxy) is 1. The molecule has 1 N–H and O–H groups in total. The maximum atomic E-state index is 12.9. The highest BCUT2D eigenvalue weighted by Gasteiger charge is 2.17. The Morgan fingerprint density at radius 2 is 1.31 bits per heavy atom. The predicted molar refractivity (Wildman–Crippen MR) is 141 cm³/mol. The number of aryl methyl sites for hydroxylation is 1. The summed E-state index contributed by atoms with van der Waals surface area (Å²) in [5.41, 5.74) is 3.89. The van der Waals surface area contributed by atoms with E-state index in [0.717, 1.165) is 11.3 Å². The predicted octanol–water partition coefficient (Wildman–Crippen LogP) is 5.95. The molecule has 0 aliphatic rings. The minimum Gasteiger partial charge on any atom is -0.490 e. The van der Waals surface area contributed by atoms with Crippen molar-refractivity contribution < 1.29 is 14.6 Å². The van der Waals surface area contributed by atoms with Crippen LogP contribution in [-0.2, 0) is 13.0 Å². The number of para-hydroxylation sites is 2. The normalized spacial score (nSPS) is 11.6. The van der Waals surface area contributed by atoms with Crippen LogP contribution in [0.1, 0.15) is 27.9 Å². The van der Waals surface area contributed by atoms with Gasteiger partial charge in [0, 0.05) is 25.2 Å². The van der Waals surface area contributed by atoms with Crippen LogP contribution in [0.5, 0.6) is 5.75 Å². The Hall–Kier alpha value is -3.89. The third kappa shape index (κ3) is 7.29. The fourth-order valence-corrected chi connectivity index (χ4v) is 4.06. The minimum atomic E-state index is -0.730. The van der Waals surface area contributed by atoms with Crippen LogP contribution in [0.25, 0.3) is 0 Å². The molecule has 0 fully saturated rings. The summed E-state index contributed by atoms with van der Waals surface area (Å²) >= 11 is 0. The second kappa shape index (κ2) is 12.5. The summed E-state index contributed by atoms with van der Waals surface area (Å²) in [7, 11) is 0. The van der Waals surface area contributed by atoms with Gasteiger partial charge in [-0.05, 0) is 41.8 Å². The molecule has 0 saturated carbocycles. The highest BCUT2D eigenvalue weighted by Crippen LogP contribution is 2.22. The van der Waals surface area contributed by atoms with Gasteiger partial charge in [0.25, 0.3) is 0 Å². The molecule has 4 aromatic carbocycles. The van der Waals surface area contributed by atoms with Crippen LogP contribution in [0, 0.1) is 0 Å². The van der Waals surface area contributed by atoms with Crippen LogP contribution >= 0.6 is 0 Å². The van der Waals surface area contributed by atoms with Gasteiger partial charge in [-0.2, -0.15) is 0 Å². The molecular formula is C31H31NO3. The number of ketones is 1. The summed E-state index contributed by atoms with van der Waals surface area (Å²) < 4.78 is 5.96. The Balaban J connectivity index is 1.38. The van der Waals surface area contributed by atoms with Crippen LogP contribution in [0.15, 0.2) is 115 Å².